The van der Waals surface area contributed by atoms with Crippen molar-refractivity contribution < 1.29 is 10.0 Å². The molecule has 0 atom stereocenters. The van der Waals surface area contributed by atoms with Gasteiger partial charge in [-0.3, -0.25) is 4.79 Å². The van der Waals surface area contributed by atoms with Gasteiger partial charge in [-0.15, -0.1) is 0 Å². The van der Waals surface area contributed by atoms with Crippen LogP contribution in [0.1, 0.15) is 0 Å². The largest absolute Gasteiger partial charge is 0.410 e. The van der Waals surface area contributed by atoms with Crippen molar-refractivity contribution in [1.29, 1.82) is 5.26 Å². The maximum atomic E-state index is 9.33. The molecule has 1 radical (unpaired) electrons. The number of hydrogen-bond acceptors (Lipinski definition) is 4. The molecule has 0 amide bonds. The lowest BCUT2D eigenvalue weighted by atomic mass is 10.5. The highest BCUT2D eigenvalue weighted by atomic mass is 16.4. The number of carbonyl (C=O) groups excluding carboxylic acids is 1. The summed E-state index contributed by atoms with van der Waals surface area (Å²) in [6.07, 6.45) is 1.09. The number of oxime groups is 1. The Morgan fingerprint density at radius 2 is 2.43 bits per heavy atom. The third kappa shape index (κ3) is 1.49. The second-order valence-electron chi connectivity index (χ2n) is 0.662. The summed E-state index contributed by atoms with van der Waals surface area (Å²) in [5.41, 5.74) is -0.639. The third-order valence-electron chi connectivity index (χ3n) is 0.303. The molecule has 0 rings (SSSR count). The molecule has 0 aliphatic rings. The van der Waals surface area contributed by atoms with Crippen LogP contribution in [0.2, 0.25) is 0 Å². The summed E-state index contributed by atoms with van der Waals surface area (Å²) >= 11 is 0. The lowest BCUT2D eigenvalue weighted by Gasteiger charge is -1.67. The number of nitriles is 1. The van der Waals surface area contributed by atoms with Crippen LogP contribution in [-0.4, -0.2) is 17.2 Å². The van der Waals surface area contributed by atoms with Crippen LogP contribution in [-0.2, 0) is 4.79 Å². The third-order valence-corrected chi connectivity index (χ3v) is 0.303. The Bertz CT molecular complexity index is 132. The van der Waals surface area contributed by atoms with Crippen LogP contribution in [0.4, 0.5) is 0 Å². The molecule has 35 valence electrons. The van der Waals surface area contributed by atoms with E-state index in [0.29, 0.717) is 0 Å². The molecule has 0 aromatic carbocycles. The molecule has 0 unspecified atom stereocenters. The first kappa shape index (κ1) is 5.63. The maximum Gasteiger partial charge on any atom is 0.268 e. The summed E-state index contributed by atoms with van der Waals surface area (Å²) in [5, 5.41) is 17.6. The van der Waals surface area contributed by atoms with E-state index in [2.05, 4.69) is 5.16 Å². The summed E-state index contributed by atoms with van der Waals surface area (Å²) in [5.74, 6) is 0. The van der Waals surface area contributed by atoms with Gasteiger partial charge in [0.2, 0.25) is 5.71 Å². The summed E-state index contributed by atoms with van der Waals surface area (Å²) in [4.78, 5) is 9.33. The van der Waals surface area contributed by atoms with Crippen molar-refractivity contribution in [3.8, 4) is 6.07 Å². The normalized spacial score (nSPS) is 9.86. The van der Waals surface area contributed by atoms with E-state index < -0.39 is 5.71 Å². The van der Waals surface area contributed by atoms with Crippen LogP contribution in [0.3, 0.4) is 0 Å². The SMILES string of the molecule is N#CC([C]=O)=NO. The highest BCUT2D eigenvalue weighted by Gasteiger charge is 1.90. The van der Waals surface area contributed by atoms with Crippen molar-refractivity contribution in [1.82, 2.24) is 0 Å². The van der Waals surface area contributed by atoms with Crippen molar-refractivity contribution in [3.05, 3.63) is 0 Å². The van der Waals surface area contributed by atoms with Gasteiger partial charge in [0, 0.05) is 0 Å². The molecule has 0 bridgehead atoms. The molecular formula is C3HN2O2. The van der Waals surface area contributed by atoms with Gasteiger partial charge in [0.25, 0.3) is 6.29 Å². The van der Waals surface area contributed by atoms with E-state index in [-0.39, 0.29) is 0 Å². The fourth-order valence-corrected chi connectivity index (χ4v) is 0.0656. The van der Waals surface area contributed by atoms with Crippen molar-refractivity contribution in [2.75, 3.05) is 0 Å². The minimum atomic E-state index is -0.639. The Kier molecular flexibility index (Phi) is 2.29. The van der Waals surface area contributed by atoms with E-state index in [1.54, 1.807) is 0 Å². The molecule has 0 aliphatic heterocycles. The summed E-state index contributed by atoms with van der Waals surface area (Å²) in [6.45, 7) is 0. The molecule has 0 aliphatic carbocycles. The molecule has 0 spiro atoms. The van der Waals surface area contributed by atoms with Crippen LogP contribution in [0.25, 0.3) is 0 Å². The zero-order valence-corrected chi connectivity index (χ0v) is 3.25. The summed E-state index contributed by atoms with van der Waals surface area (Å²) in [7, 11) is 0. The Hall–Kier alpha value is -1.37. The summed E-state index contributed by atoms with van der Waals surface area (Å²) in [6, 6.07) is 1.28. The average Bonchev–Trinajstić information content (AvgIpc) is 1.72. The molecule has 7 heavy (non-hydrogen) atoms. The van der Waals surface area contributed by atoms with Crippen molar-refractivity contribution in [3.63, 3.8) is 0 Å². The molecule has 0 saturated carbocycles. The second kappa shape index (κ2) is 2.85. The van der Waals surface area contributed by atoms with Gasteiger partial charge in [0.15, 0.2) is 0 Å². The van der Waals surface area contributed by atoms with Crippen molar-refractivity contribution in [2.45, 2.75) is 0 Å². The van der Waals surface area contributed by atoms with Crippen LogP contribution >= 0.6 is 0 Å². The van der Waals surface area contributed by atoms with E-state index in [1.165, 1.54) is 6.07 Å². The van der Waals surface area contributed by atoms with E-state index in [9.17, 15) is 4.79 Å². The van der Waals surface area contributed by atoms with Crippen molar-refractivity contribution >= 4 is 12.0 Å². The molecule has 0 fully saturated rings. The Morgan fingerprint density at radius 3 is 2.43 bits per heavy atom. The molecule has 0 saturated heterocycles. The van der Waals surface area contributed by atoms with Crippen LogP contribution in [0.15, 0.2) is 5.16 Å². The van der Waals surface area contributed by atoms with Gasteiger partial charge >= 0.3 is 0 Å². The van der Waals surface area contributed by atoms with Crippen LogP contribution in [0.5, 0.6) is 0 Å². The maximum absolute atomic E-state index is 9.33. The molecule has 0 aromatic rings. The lowest BCUT2D eigenvalue weighted by molar-refractivity contribution is 0.320. The van der Waals surface area contributed by atoms with Gasteiger partial charge in [-0.05, 0) is 0 Å². The Morgan fingerprint density at radius 1 is 1.86 bits per heavy atom. The van der Waals surface area contributed by atoms with Crippen LogP contribution < -0.4 is 0 Å². The summed E-state index contributed by atoms with van der Waals surface area (Å²) < 4.78 is 0. The van der Waals surface area contributed by atoms with Crippen LogP contribution in [0, 0.1) is 11.3 Å². The first-order chi connectivity index (χ1) is 3.35. The standard InChI is InChI=1S/C3HN2O2/c4-1-3(2-6)5-7/h7H. The number of nitrogens with zero attached hydrogens (tertiary/aromatic N) is 2. The highest BCUT2D eigenvalue weighted by Crippen LogP contribution is 1.62. The highest BCUT2D eigenvalue weighted by molar-refractivity contribution is 6.35. The molecule has 0 aromatic heterocycles. The molecular weight excluding hydrogens is 96.0 g/mol. The quantitative estimate of drug-likeness (QED) is 0.271. The van der Waals surface area contributed by atoms with Gasteiger partial charge in [-0.1, -0.05) is 5.16 Å². The number of rotatable bonds is 1. The number of hydrogen-bond donors (Lipinski definition) is 1. The minimum absolute atomic E-state index is 0.639. The molecule has 1 N–H and O–H groups in total. The van der Waals surface area contributed by atoms with E-state index in [4.69, 9.17) is 10.5 Å². The lowest BCUT2D eigenvalue weighted by Crippen LogP contribution is -1.92. The first-order valence-corrected chi connectivity index (χ1v) is 1.35. The monoisotopic (exact) mass is 97.0 g/mol. The molecule has 4 nitrogen and oxygen atoms in total. The Labute approximate surface area is 39.7 Å². The molecule has 0 heterocycles. The zero-order chi connectivity index (χ0) is 5.70. The predicted octanol–water partition coefficient (Wildman–Crippen LogP) is -0.550. The average molecular weight is 97.1 g/mol. The van der Waals surface area contributed by atoms with Gasteiger partial charge in [0.1, 0.15) is 6.07 Å². The van der Waals surface area contributed by atoms with Crippen molar-refractivity contribution in [2.24, 2.45) is 5.16 Å². The second-order valence-corrected chi connectivity index (χ2v) is 0.662. The topological polar surface area (TPSA) is 73.5 Å². The Balaban J connectivity index is 3.94. The van der Waals surface area contributed by atoms with E-state index in [1.807, 2.05) is 0 Å². The molecule has 4 heteroatoms. The van der Waals surface area contributed by atoms with Gasteiger partial charge in [-0.25, -0.2) is 0 Å². The minimum Gasteiger partial charge on any atom is -0.410 e. The van der Waals surface area contributed by atoms with Gasteiger partial charge in [0.05, 0.1) is 0 Å². The van der Waals surface area contributed by atoms with E-state index in [0.717, 1.165) is 6.29 Å². The smallest absolute Gasteiger partial charge is 0.268 e. The van der Waals surface area contributed by atoms with E-state index >= 15 is 0 Å². The van der Waals surface area contributed by atoms with Gasteiger partial charge < -0.3 is 5.21 Å². The predicted molar refractivity (Wildman–Crippen MR) is 20.5 cm³/mol. The fraction of sp³-hybridized carbons (Fsp3) is 0. The fourth-order valence-electron chi connectivity index (χ4n) is 0.0656. The first-order valence-electron chi connectivity index (χ1n) is 1.35. The van der Waals surface area contributed by atoms with Gasteiger partial charge in [-0.2, -0.15) is 5.26 Å². The zero-order valence-electron chi connectivity index (χ0n) is 3.25.